The van der Waals surface area contributed by atoms with Gasteiger partial charge in [0.15, 0.2) is 0 Å². The molecule has 1 aliphatic rings. The highest BCUT2D eigenvalue weighted by Gasteiger charge is 2.28. The lowest BCUT2D eigenvalue weighted by atomic mass is 9.88. The third-order valence-electron chi connectivity index (χ3n) is 2.88. The Morgan fingerprint density at radius 1 is 1.47 bits per heavy atom. The van der Waals surface area contributed by atoms with E-state index in [9.17, 15) is 9.59 Å². The number of aromatic nitrogens is 4. The lowest BCUT2D eigenvalue weighted by molar-refractivity contribution is -0.140. The number of nitrogens with zero attached hydrogens (tertiary/aromatic N) is 3. The third kappa shape index (κ3) is 2.84. The molecule has 17 heavy (non-hydrogen) atoms. The second-order valence-electron chi connectivity index (χ2n) is 4.10. The molecular formula is C9H13N5O3. The van der Waals surface area contributed by atoms with Gasteiger partial charge in [-0.25, -0.2) is 0 Å². The van der Waals surface area contributed by atoms with E-state index in [1.807, 2.05) is 0 Å². The van der Waals surface area contributed by atoms with Crippen molar-refractivity contribution in [2.75, 3.05) is 6.54 Å². The molecule has 0 amide bonds. The number of Topliss-reactive ketones (excluding diaryl/α,β-unsaturated/α-hetero) is 1. The van der Waals surface area contributed by atoms with Crippen LogP contribution in [-0.2, 0) is 4.79 Å². The van der Waals surface area contributed by atoms with E-state index in [0.29, 0.717) is 13.0 Å². The number of carbonyl (C=O) groups excluding carboxylic acids is 1. The van der Waals surface area contributed by atoms with Gasteiger partial charge in [-0.05, 0) is 30.5 Å². The van der Waals surface area contributed by atoms with E-state index in [0.717, 1.165) is 6.42 Å². The Hall–Kier alpha value is -1.83. The SMILES string of the molecule is O=C(CC1CCNC(C(=O)O)C1)c1nn[nH]n1. The van der Waals surface area contributed by atoms with Crippen molar-refractivity contribution in [3.8, 4) is 0 Å². The van der Waals surface area contributed by atoms with Crippen molar-refractivity contribution in [1.82, 2.24) is 25.9 Å². The van der Waals surface area contributed by atoms with Gasteiger partial charge in [0.1, 0.15) is 6.04 Å². The van der Waals surface area contributed by atoms with E-state index >= 15 is 0 Å². The zero-order valence-electron chi connectivity index (χ0n) is 9.09. The number of aromatic amines is 1. The van der Waals surface area contributed by atoms with E-state index in [2.05, 4.69) is 25.9 Å². The first-order valence-corrected chi connectivity index (χ1v) is 5.39. The number of aliphatic carboxylic acids is 1. The first kappa shape index (κ1) is 11.6. The molecule has 0 spiro atoms. The van der Waals surface area contributed by atoms with Crippen LogP contribution in [0.4, 0.5) is 0 Å². The summed E-state index contributed by atoms with van der Waals surface area (Å²) in [5, 5.41) is 24.5. The summed E-state index contributed by atoms with van der Waals surface area (Å²) in [6.07, 6.45) is 1.51. The Kier molecular flexibility index (Phi) is 3.43. The molecule has 0 bridgehead atoms. The maximum absolute atomic E-state index is 11.7. The largest absolute Gasteiger partial charge is 0.480 e. The van der Waals surface area contributed by atoms with Crippen molar-refractivity contribution in [2.24, 2.45) is 5.92 Å². The molecule has 2 rings (SSSR count). The minimum absolute atomic E-state index is 0.0587. The molecule has 2 heterocycles. The topological polar surface area (TPSA) is 121 Å². The first-order valence-electron chi connectivity index (χ1n) is 5.39. The molecule has 3 N–H and O–H groups in total. The molecule has 1 aromatic heterocycles. The van der Waals surface area contributed by atoms with Crippen LogP contribution in [0.2, 0.25) is 0 Å². The molecule has 1 saturated heterocycles. The van der Waals surface area contributed by atoms with Gasteiger partial charge < -0.3 is 10.4 Å². The van der Waals surface area contributed by atoms with Gasteiger partial charge in [-0.2, -0.15) is 5.21 Å². The van der Waals surface area contributed by atoms with Gasteiger partial charge in [0.25, 0.3) is 0 Å². The molecule has 92 valence electrons. The Morgan fingerprint density at radius 2 is 2.29 bits per heavy atom. The van der Waals surface area contributed by atoms with Crippen LogP contribution >= 0.6 is 0 Å². The highest BCUT2D eigenvalue weighted by atomic mass is 16.4. The molecule has 8 nitrogen and oxygen atoms in total. The van der Waals surface area contributed by atoms with Crippen molar-refractivity contribution in [3.05, 3.63) is 5.82 Å². The molecule has 0 radical (unpaired) electrons. The lowest BCUT2D eigenvalue weighted by Crippen LogP contribution is -2.43. The van der Waals surface area contributed by atoms with Crippen molar-refractivity contribution in [1.29, 1.82) is 0 Å². The van der Waals surface area contributed by atoms with Gasteiger partial charge in [-0.3, -0.25) is 9.59 Å². The van der Waals surface area contributed by atoms with Crippen LogP contribution in [0.3, 0.4) is 0 Å². The average Bonchev–Trinajstić information content (AvgIpc) is 2.82. The summed E-state index contributed by atoms with van der Waals surface area (Å²) in [6.45, 7) is 0.612. The predicted octanol–water partition coefficient (Wildman–Crippen LogP) is -0.775. The second kappa shape index (κ2) is 5.00. The van der Waals surface area contributed by atoms with E-state index in [1.54, 1.807) is 0 Å². The minimum atomic E-state index is -0.873. The maximum atomic E-state index is 11.7. The molecular weight excluding hydrogens is 226 g/mol. The van der Waals surface area contributed by atoms with Crippen LogP contribution in [0.15, 0.2) is 0 Å². The number of ketones is 1. The Morgan fingerprint density at radius 3 is 2.94 bits per heavy atom. The highest BCUT2D eigenvalue weighted by Crippen LogP contribution is 2.21. The van der Waals surface area contributed by atoms with Crippen molar-refractivity contribution < 1.29 is 14.7 Å². The lowest BCUT2D eigenvalue weighted by Gasteiger charge is -2.26. The van der Waals surface area contributed by atoms with Gasteiger partial charge in [-0.15, -0.1) is 10.2 Å². The highest BCUT2D eigenvalue weighted by molar-refractivity contribution is 5.92. The smallest absolute Gasteiger partial charge is 0.320 e. The zero-order valence-corrected chi connectivity index (χ0v) is 9.09. The normalized spacial score (nSPS) is 24.5. The van der Waals surface area contributed by atoms with Crippen molar-refractivity contribution in [2.45, 2.75) is 25.3 Å². The maximum Gasteiger partial charge on any atom is 0.320 e. The summed E-state index contributed by atoms with van der Waals surface area (Å²) in [5.74, 6) is -0.949. The number of rotatable bonds is 4. The zero-order chi connectivity index (χ0) is 12.3. The fraction of sp³-hybridized carbons (Fsp3) is 0.667. The molecule has 1 aliphatic heterocycles. The van der Waals surface area contributed by atoms with Crippen LogP contribution in [0.1, 0.15) is 29.9 Å². The number of hydrogen-bond donors (Lipinski definition) is 3. The van der Waals surface area contributed by atoms with Crippen LogP contribution in [0.5, 0.6) is 0 Å². The standard InChI is InChI=1S/C9H13N5O3/c15-7(8-11-13-14-12-8)4-5-1-2-10-6(3-5)9(16)17/h5-6,10H,1-4H2,(H,16,17)(H,11,12,13,14). The molecule has 0 saturated carbocycles. The van der Waals surface area contributed by atoms with Gasteiger partial charge in [0, 0.05) is 6.42 Å². The van der Waals surface area contributed by atoms with E-state index in [1.165, 1.54) is 0 Å². The average molecular weight is 239 g/mol. The molecule has 8 heteroatoms. The number of carboxylic acids is 1. The number of H-pyrrole nitrogens is 1. The van der Waals surface area contributed by atoms with Gasteiger partial charge in [0.2, 0.25) is 11.6 Å². The summed E-state index contributed by atoms with van der Waals surface area (Å²) in [6, 6.07) is -0.563. The number of hydrogen-bond acceptors (Lipinski definition) is 6. The molecule has 0 aromatic carbocycles. The van der Waals surface area contributed by atoms with E-state index in [-0.39, 0.29) is 23.9 Å². The number of carboxylic acid groups (broad SMARTS) is 1. The summed E-state index contributed by atoms with van der Waals surface area (Å²) >= 11 is 0. The predicted molar refractivity (Wildman–Crippen MR) is 55.3 cm³/mol. The third-order valence-corrected chi connectivity index (χ3v) is 2.88. The van der Waals surface area contributed by atoms with Crippen molar-refractivity contribution in [3.63, 3.8) is 0 Å². The van der Waals surface area contributed by atoms with Gasteiger partial charge >= 0.3 is 5.97 Å². The van der Waals surface area contributed by atoms with Gasteiger partial charge in [-0.1, -0.05) is 0 Å². The second-order valence-corrected chi connectivity index (χ2v) is 4.10. The summed E-state index contributed by atoms with van der Waals surface area (Å²) in [4.78, 5) is 22.5. The van der Waals surface area contributed by atoms with Crippen LogP contribution < -0.4 is 5.32 Å². The summed E-state index contributed by atoms with van der Waals surface area (Å²) in [7, 11) is 0. The quantitative estimate of drug-likeness (QED) is 0.589. The monoisotopic (exact) mass is 239 g/mol. The first-order chi connectivity index (χ1) is 8.16. The summed E-state index contributed by atoms with van der Waals surface area (Å²) in [5.41, 5.74) is 0. The van der Waals surface area contributed by atoms with E-state index in [4.69, 9.17) is 5.11 Å². The number of tetrazole rings is 1. The molecule has 1 fully saturated rings. The molecule has 0 aliphatic carbocycles. The number of piperidine rings is 1. The molecule has 2 unspecified atom stereocenters. The Bertz CT molecular complexity index is 405. The fourth-order valence-corrected chi connectivity index (χ4v) is 2.00. The van der Waals surface area contributed by atoms with Crippen LogP contribution in [0.25, 0.3) is 0 Å². The fourth-order valence-electron chi connectivity index (χ4n) is 2.00. The minimum Gasteiger partial charge on any atom is -0.480 e. The van der Waals surface area contributed by atoms with Crippen molar-refractivity contribution >= 4 is 11.8 Å². The molecule has 2 atom stereocenters. The Balaban J connectivity index is 1.91. The summed E-state index contributed by atoms with van der Waals surface area (Å²) < 4.78 is 0. The number of nitrogens with one attached hydrogen (secondary N) is 2. The van der Waals surface area contributed by atoms with E-state index < -0.39 is 12.0 Å². The van der Waals surface area contributed by atoms with Gasteiger partial charge in [0.05, 0.1) is 0 Å². The van der Waals surface area contributed by atoms with Crippen LogP contribution in [0, 0.1) is 5.92 Å². The number of carbonyl (C=O) groups is 2. The molecule has 1 aromatic rings. The Labute approximate surface area is 96.8 Å². The van der Waals surface area contributed by atoms with Crippen LogP contribution in [-0.4, -0.2) is 50.1 Å².